The molecule has 2 aromatic carbocycles. The molecule has 0 aromatic heterocycles. The lowest BCUT2D eigenvalue weighted by atomic mass is 9.77. The van der Waals surface area contributed by atoms with Gasteiger partial charge in [0.15, 0.2) is 0 Å². The summed E-state index contributed by atoms with van der Waals surface area (Å²) >= 11 is 5.85. The summed E-state index contributed by atoms with van der Waals surface area (Å²) in [6, 6.07) is 13.5. The van der Waals surface area contributed by atoms with Crippen molar-refractivity contribution in [1.29, 1.82) is 0 Å². The first-order valence-electron chi connectivity index (χ1n) is 7.43. The minimum absolute atomic E-state index is 0.0839. The van der Waals surface area contributed by atoms with Crippen molar-refractivity contribution >= 4 is 11.6 Å². The number of hydrogen-bond donors (Lipinski definition) is 1. The van der Waals surface area contributed by atoms with Gasteiger partial charge >= 0.3 is 0 Å². The van der Waals surface area contributed by atoms with Crippen molar-refractivity contribution in [3.63, 3.8) is 0 Å². The molecule has 2 N–H and O–H groups in total. The van der Waals surface area contributed by atoms with Crippen LogP contribution in [0.3, 0.4) is 0 Å². The quantitative estimate of drug-likeness (QED) is 0.889. The predicted octanol–water partition coefficient (Wildman–Crippen LogP) is 4.47. The number of rotatable bonds is 3. The maximum atomic E-state index is 14.0. The number of nitrogens with two attached hydrogens (primary N) is 1. The van der Waals surface area contributed by atoms with Gasteiger partial charge in [0.2, 0.25) is 0 Å². The molecule has 1 aliphatic rings. The zero-order chi connectivity index (χ0) is 14.8. The molecule has 0 fully saturated rings. The third kappa shape index (κ3) is 2.97. The lowest BCUT2D eigenvalue weighted by Crippen LogP contribution is -2.33. The summed E-state index contributed by atoms with van der Waals surface area (Å²) in [6.45, 7) is 0. The van der Waals surface area contributed by atoms with E-state index in [2.05, 4.69) is 24.3 Å². The van der Waals surface area contributed by atoms with Crippen molar-refractivity contribution in [2.24, 2.45) is 5.73 Å². The highest BCUT2D eigenvalue weighted by atomic mass is 35.5. The van der Waals surface area contributed by atoms with E-state index < -0.39 is 0 Å². The zero-order valence-electron chi connectivity index (χ0n) is 11.9. The Kier molecular flexibility index (Phi) is 4.27. The molecule has 1 nitrogen and oxygen atoms in total. The summed E-state index contributed by atoms with van der Waals surface area (Å²) in [5.41, 5.74) is 9.73. The lowest BCUT2D eigenvalue weighted by Gasteiger charge is -2.30. The summed E-state index contributed by atoms with van der Waals surface area (Å²) in [5, 5.41) is 0.170. The van der Waals surface area contributed by atoms with Crippen LogP contribution in [0.2, 0.25) is 5.02 Å². The summed E-state index contributed by atoms with van der Waals surface area (Å²) < 4.78 is 14.0. The van der Waals surface area contributed by atoms with E-state index in [1.807, 2.05) is 0 Å². The summed E-state index contributed by atoms with van der Waals surface area (Å²) in [6.07, 6.45) is 3.85. The van der Waals surface area contributed by atoms with Crippen LogP contribution in [0.15, 0.2) is 42.5 Å². The van der Waals surface area contributed by atoms with Crippen molar-refractivity contribution in [3.05, 3.63) is 70.0 Å². The van der Waals surface area contributed by atoms with Gasteiger partial charge in [-0.2, -0.15) is 0 Å². The topological polar surface area (TPSA) is 26.0 Å². The van der Waals surface area contributed by atoms with Gasteiger partial charge in [-0.15, -0.1) is 0 Å². The Morgan fingerprint density at radius 1 is 1.19 bits per heavy atom. The number of hydrogen-bond acceptors (Lipinski definition) is 1. The van der Waals surface area contributed by atoms with Gasteiger partial charge in [0, 0.05) is 6.04 Å². The Balaban J connectivity index is 1.83. The van der Waals surface area contributed by atoms with E-state index in [-0.39, 0.29) is 16.9 Å². The third-order valence-electron chi connectivity index (χ3n) is 4.42. The molecule has 0 saturated carbocycles. The van der Waals surface area contributed by atoms with Crippen LogP contribution in [-0.2, 0) is 12.8 Å². The fraction of sp³-hybridized carbons (Fsp3) is 0.333. The highest BCUT2D eigenvalue weighted by molar-refractivity contribution is 6.30. The molecular formula is C18H19ClFN. The molecule has 0 aliphatic heterocycles. The largest absolute Gasteiger partial charge is 0.327 e. The fourth-order valence-corrected chi connectivity index (χ4v) is 3.53. The Morgan fingerprint density at radius 2 is 2.00 bits per heavy atom. The smallest absolute Gasteiger partial charge is 0.145 e. The fourth-order valence-electron chi connectivity index (χ4n) is 3.34. The molecule has 2 atom stereocenters. The van der Waals surface area contributed by atoms with E-state index in [1.165, 1.54) is 11.1 Å². The first kappa shape index (κ1) is 14.6. The van der Waals surface area contributed by atoms with E-state index in [0.717, 1.165) is 19.3 Å². The van der Waals surface area contributed by atoms with Crippen LogP contribution in [0.1, 0.15) is 35.4 Å². The molecule has 1 aliphatic carbocycles. The van der Waals surface area contributed by atoms with Crippen LogP contribution in [0.4, 0.5) is 4.39 Å². The Bertz CT molecular complexity index is 641. The molecule has 0 amide bonds. The van der Waals surface area contributed by atoms with E-state index >= 15 is 0 Å². The van der Waals surface area contributed by atoms with Crippen molar-refractivity contribution in [3.8, 4) is 0 Å². The average Bonchev–Trinajstić information content (AvgIpc) is 2.51. The van der Waals surface area contributed by atoms with Crippen LogP contribution >= 0.6 is 11.6 Å². The maximum Gasteiger partial charge on any atom is 0.145 e. The molecule has 0 saturated heterocycles. The van der Waals surface area contributed by atoms with Gasteiger partial charge in [-0.1, -0.05) is 48.0 Å². The van der Waals surface area contributed by atoms with E-state index in [9.17, 15) is 4.39 Å². The molecule has 2 unspecified atom stereocenters. The second-order valence-corrected chi connectivity index (χ2v) is 6.19. The molecule has 0 spiro atoms. The first-order valence-corrected chi connectivity index (χ1v) is 7.81. The van der Waals surface area contributed by atoms with E-state index in [1.54, 1.807) is 18.2 Å². The van der Waals surface area contributed by atoms with Crippen molar-refractivity contribution in [2.75, 3.05) is 0 Å². The minimum Gasteiger partial charge on any atom is -0.327 e. The average molecular weight is 304 g/mol. The molecule has 0 heterocycles. The van der Waals surface area contributed by atoms with Gasteiger partial charge in [0.1, 0.15) is 5.82 Å². The van der Waals surface area contributed by atoms with Crippen molar-refractivity contribution in [1.82, 2.24) is 0 Å². The van der Waals surface area contributed by atoms with E-state index in [4.69, 9.17) is 17.3 Å². The predicted molar refractivity (Wildman–Crippen MR) is 85.2 cm³/mol. The number of benzene rings is 2. The summed E-state index contributed by atoms with van der Waals surface area (Å²) in [4.78, 5) is 0. The Morgan fingerprint density at radius 3 is 2.86 bits per heavy atom. The van der Waals surface area contributed by atoms with E-state index in [0.29, 0.717) is 17.9 Å². The molecule has 110 valence electrons. The molecule has 0 bridgehead atoms. The lowest BCUT2D eigenvalue weighted by molar-refractivity contribution is 0.454. The van der Waals surface area contributed by atoms with Crippen LogP contribution in [0, 0.1) is 5.82 Å². The molecule has 3 heteroatoms. The highest BCUT2D eigenvalue weighted by Crippen LogP contribution is 2.34. The monoisotopic (exact) mass is 303 g/mol. The van der Waals surface area contributed by atoms with Crippen LogP contribution < -0.4 is 5.73 Å². The van der Waals surface area contributed by atoms with Gasteiger partial charge in [-0.05, 0) is 54.4 Å². The van der Waals surface area contributed by atoms with Gasteiger partial charge < -0.3 is 5.73 Å². The first-order chi connectivity index (χ1) is 10.2. The second-order valence-electron chi connectivity index (χ2n) is 5.78. The van der Waals surface area contributed by atoms with Gasteiger partial charge in [0.25, 0.3) is 0 Å². The number of aryl methyl sites for hydroxylation is 1. The molecule has 21 heavy (non-hydrogen) atoms. The minimum atomic E-state index is -0.335. The molecule has 2 aromatic rings. The standard InChI is InChI=1S/C18H19ClFN/c19-16-10-4-7-13(18(16)20)11-17(21)15-9-3-6-12-5-1-2-8-14(12)15/h1-2,4-5,7-8,10,15,17H,3,6,9,11,21H2. The molecule has 3 rings (SSSR count). The molecular weight excluding hydrogens is 285 g/mol. The zero-order valence-corrected chi connectivity index (χ0v) is 12.6. The third-order valence-corrected chi connectivity index (χ3v) is 4.71. The molecule has 0 radical (unpaired) electrons. The normalized spacial score (nSPS) is 19.1. The highest BCUT2D eigenvalue weighted by Gasteiger charge is 2.26. The van der Waals surface area contributed by atoms with Gasteiger partial charge in [-0.3, -0.25) is 0 Å². The van der Waals surface area contributed by atoms with Crippen LogP contribution in [0.5, 0.6) is 0 Å². The SMILES string of the molecule is NC(Cc1cccc(Cl)c1F)C1CCCc2ccccc21. The maximum absolute atomic E-state index is 14.0. The Hall–Kier alpha value is -1.38. The van der Waals surface area contributed by atoms with Crippen molar-refractivity contribution < 1.29 is 4.39 Å². The number of halogens is 2. The Labute approximate surface area is 129 Å². The van der Waals surface area contributed by atoms with Crippen LogP contribution in [0.25, 0.3) is 0 Å². The summed E-state index contributed by atoms with van der Waals surface area (Å²) in [5.74, 6) is -0.0351. The van der Waals surface area contributed by atoms with Gasteiger partial charge in [-0.25, -0.2) is 4.39 Å². The van der Waals surface area contributed by atoms with Crippen molar-refractivity contribution in [2.45, 2.75) is 37.6 Å². The van der Waals surface area contributed by atoms with Crippen LogP contribution in [-0.4, -0.2) is 6.04 Å². The van der Waals surface area contributed by atoms with Gasteiger partial charge in [0.05, 0.1) is 5.02 Å². The summed E-state index contributed by atoms with van der Waals surface area (Å²) in [7, 11) is 0. The number of fused-ring (bicyclic) bond motifs is 1. The second kappa shape index (κ2) is 6.17.